The fraction of sp³-hybridized carbons (Fsp3) is 0.375. The van der Waals surface area contributed by atoms with Gasteiger partial charge in [-0.3, -0.25) is 9.59 Å². The molecule has 0 saturated carbocycles. The number of aryl methyl sites for hydroxylation is 1. The maximum atomic E-state index is 12.5. The van der Waals surface area contributed by atoms with Crippen molar-refractivity contribution in [2.75, 3.05) is 13.1 Å². The van der Waals surface area contributed by atoms with Crippen molar-refractivity contribution in [3.05, 3.63) is 47.8 Å². The second kappa shape index (κ2) is 6.20. The number of aromatic nitrogens is 3. The number of nitrogens with zero attached hydrogens (tertiary/aromatic N) is 4. The first-order valence-corrected chi connectivity index (χ1v) is 7.57. The Morgan fingerprint density at radius 2 is 2.00 bits per heavy atom. The summed E-state index contributed by atoms with van der Waals surface area (Å²) in [5, 5.41) is 17.6. The highest BCUT2D eigenvalue weighted by Crippen LogP contribution is 2.33. The smallest absolute Gasteiger partial charge is 0.308 e. The molecule has 23 heavy (non-hydrogen) atoms. The Hall–Kier alpha value is -2.70. The van der Waals surface area contributed by atoms with E-state index in [4.69, 9.17) is 0 Å². The highest BCUT2D eigenvalue weighted by Gasteiger charge is 2.41. The number of hydrogen-bond donors (Lipinski definition) is 1. The summed E-state index contributed by atoms with van der Waals surface area (Å²) in [7, 11) is 0. The van der Waals surface area contributed by atoms with Crippen molar-refractivity contribution in [1.29, 1.82) is 0 Å². The SMILES string of the molecule is CCn1ncc(C(=O)N2C[C@H](C(=O)O)[C@@H](c3ccccc3)C2)n1. The molecule has 0 spiro atoms. The maximum Gasteiger partial charge on any atom is 0.308 e. The van der Waals surface area contributed by atoms with Crippen LogP contribution in [0.1, 0.15) is 28.9 Å². The standard InChI is InChI=1S/C16H18N4O3/c1-2-20-17-8-14(18-20)15(21)19-9-12(13(10-19)16(22)23)11-6-4-3-5-7-11/h3-8,12-13H,2,9-10H2,1H3,(H,22,23)/t12-,13+/m1/s1. The normalized spacial score (nSPS) is 20.7. The molecule has 2 atom stereocenters. The van der Waals surface area contributed by atoms with Gasteiger partial charge in [0.1, 0.15) is 0 Å². The Labute approximate surface area is 133 Å². The predicted octanol–water partition coefficient (Wildman–Crippen LogP) is 1.24. The van der Waals surface area contributed by atoms with Gasteiger partial charge >= 0.3 is 5.97 Å². The molecular formula is C16H18N4O3. The summed E-state index contributed by atoms with van der Waals surface area (Å²) in [4.78, 5) is 27.1. The number of carboxylic acids is 1. The largest absolute Gasteiger partial charge is 0.481 e. The molecule has 7 heteroatoms. The van der Waals surface area contributed by atoms with Crippen LogP contribution in [-0.4, -0.2) is 50.0 Å². The van der Waals surface area contributed by atoms with Crippen LogP contribution in [0.15, 0.2) is 36.5 Å². The minimum absolute atomic E-state index is 0.187. The number of amides is 1. The molecule has 0 unspecified atom stereocenters. The number of benzene rings is 1. The topological polar surface area (TPSA) is 88.3 Å². The molecule has 0 radical (unpaired) electrons. The lowest BCUT2D eigenvalue weighted by molar-refractivity contribution is -0.141. The van der Waals surface area contributed by atoms with Crippen molar-refractivity contribution in [2.24, 2.45) is 5.92 Å². The molecule has 1 aliphatic rings. The molecule has 1 aromatic heterocycles. The molecule has 1 fully saturated rings. The van der Waals surface area contributed by atoms with Gasteiger partial charge < -0.3 is 10.0 Å². The van der Waals surface area contributed by atoms with Crippen molar-refractivity contribution < 1.29 is 14.7 Å². The van der Waals surface area contributed by atoms with Gasteiger partial charge in [-0.2, -0.15) is 9.90 Å². The molecule has 1 N–H and O–H groups in total. The third-order valence-electron chi connectivity index (χ3n) is 4.19. The zero-order chi connectivity index (χ0) is 16.4. The van der Waals surface area contributed by atoms with Crippen molar-refractivity contribution in [3.63, 3.8) is 0 Å². The molecule has 0 aliphatic carbocycles. The zero-order valence-corrected chi connectivity index (χ0v) is 12.8. The zero-order valence-electron chi connectivity index (χ0n) is 12.8. The average molecular weight is 314 g/mol. The summed E-state index contributed by atoms with van der Waals surface area (Å²) < 4.78 is 0. The summed E-state index contributed by atoms with van der Waals surface area (Å²) in [6, 6.07) is 9.46. The minimum Gasteiger partial charge on any atom is -0.481 e. The summed E-state index contributed by atoms with van der Waals surface area (Å²) in [6.07, 6.45) is 1.43. The van der Waals surface area contributed by atoms with Crippen LogP contribution in [0, 0.1) is 5.92 Å². The van der Waals surface area contributed by atoms with E-state index >= 15 is 0 Å². The lowest BCUT2D eigenvalue weighted by Crippen LogP contribution is -2.30. The molecule has 1 aliphatic heterocycles. The molecule has 2 heterocycles. The van der Waals surface area contributed by atoms with E-state index in [1.54, 1.807) is 4.90 Å². The van der Waals surface area contributed by atoms with Gasteiger partial charge in [0.05, 0.1) is 18.7 Å². The van der Waals surface area contributed by atoms with Crippen LogP contribution in [0.25, 0.3) is 0 Å². The van der Waals surface area contributed by atoms with Gasteiger partial charge in [0.15, 0.2) is 5.69 Å². The predicted molar refractivity (Wildman–Crippen MR) is 81.9 cm³/mol. The number of carbonyl (C=O) groups is 2. The van der Waals surface area contributed by atoms with Crippen LogP contribution >= 0.6 is 0 Å². The number of carboxylic acid groups (broad SMARTS) is 1. The summed E-state index contributed by atoms with van der Waals surface area (Å²) >= 11 is 0. The first kappa shape index (κ1) is 15.2. The van der Waals surface area contributed by atoms with Crippen LogP contribution in [0.5, 0.6) is 0 Å². The Balaban J connectivity index is 1.82. The van der Waals surface area contributed by atoms with Crippen molar-refractivity contribution in [2.45, 2.75) is 19.4 Å². The molecule has 2 aromatic rings. The van der Waals surface area contributed by atoms with E-state index in [-0.39, 0.29) is 24.1 Å². The Kier molecular flexibility index (Phi) is 4.10. The van der Waals surface area contributed by atoms with Gasteiger partial charge in [0.25, 0.3) is 5.91 Å². The van der Waals surface area contributed by atoms with Gasteiger partial charge in [-0.25, -0.2) is 0 Å². The van der Waals surface area contributed by atoms with Crippen molar-refractivity contribution >= 4 is 11.9 Å². The van der Waals surface area contributed by atoms with Crippen LogP contribution in [-0.2, 0) is 11.3 Å². The van der Waals surface area contributed by atoms with E-state index in [1.165, 1.54) is 11.0 Å². The summed E-state index contributed by atoms with van der Waals surface area (Å²) in [6.45, 7) is 3.03. The van der Waals surface area contributed by atoms with E-state index in [1.807, 2.05) is 37.3 Å². The van der Waals surface area contributed by atoms with E-state index in [0.717, 1.165) is 5.56 Å². The summed E-state index contributed by atoms with van der Waals surface area (Å²) in [5.74, 6) is -1.97. The van der Waals surface area contributed by atoms with Crippen molar-refractivity contribution in [3.8, 4) is 0 Å². The first-order valence-electron chi connectivity index (χ1n) is 7.57. The third-order valence-corrected chi connectivity index (χ3v) is 4.19. The molecule has 7 nitrogen and oxygen atoms in total. The van der Waals surface area contributed by atoms with E-state index in [0.29, 0.717) is 13.1 Å². The van der Waals surface area contributed by atoms with E-state index in [9.17, 15) is 14.7 Å². The second-order valence-corrected chi connectivity index (χ2v) is 5.59. The van der Waals surface area contributed by atoms with E-state index in [2.05, 4.69) is 10.2 Å². The van der Waals surface area contributed by atoms with Crippen LogP contribution < -0.4 is 0 Å². The minimum atomic E-state index is -0.883. The van der Waals surface area contributed by atoms with Gasteiger partial charge in [0, 0.05) is 19.0 Å². The number of aliphatic carboxylic acids is 1. The van der Waals surface area contributed by atoms with Crippen LogP contribution in [0.3, 0.4) is 0 Å². The lowest BCUT2D eigenvalue weighted by atomic mass is 9.89. The lowest BCUT2D eigenvalue weighted by Gasteiger charge is -2.15. The highest BCUT2D eigenvalue weighted by molar-refractivity contribution is 5.92. The third kappa shape index (κ3) is 2.94. The maximum absolute atomic E-state index is 12.5. The molecule has 1 saturated heterocycles. The summed E-state index contributed by atoms with van der Waals surface area (Å²) in [5.41, 5.74) is 1.19. The van der Waals surface area contributed by atoms with Gasteiger partial charge in [-0.15, -0.1) is 5.10 Å². The van der Waals surface area contributed by atoms with Gasteiger partial charge in [-0.1, -0.05) is 30.3 Å². The van der Waals surface area contributed by atoms with Crippen LogP contribution in [0.4, 0.5) is 0 Å². The molecular weight excluding hydrogens is 296 g/mol. The number of carbonyl (C=O) groups excluding carboxylic acids is 1. The average Bonchev–Trinajstić information content (AvgIpc) is 3.22. The molecule has 120 valence electrons. The molecule has 0 bridgehead atoms. The van der Waals surface area contributed by atoms with Gasteiger partial charge in [0.2, 0.25) is 0 Å². The monoisotopic (exact) mass is 314 g/mol. The Bertz CT molecular complexity index is 713. The second-order valence-electron chi connectivity index (χ2n) is 5.59. The molecule has 3 rings (SSSR count). The Morgan fingerprint density at radius 1 is 1.26 bits per heavy atom. The number of hydrogen-bond acceptors (Lipinski definition) is 4. The first-order chi connectivity index (χ1) is 11.1. The molecule has 1 aromatic carbocycles. The quantitative estimate of drug-likeness (QED) is 0.917. The molecule has 1 amide bonds. The fourth-order valence-electron chi connectivity index (χ4n) is 2.97. The number of likely N-dealkylation sites (tertiary alicyclic amines) is 1. The number of rotatable bonds is 4. The van der Waals surface area contributed by atoms with E-state index < -0.39 is 11.9 Å². The van der Waals surface area contributed by atoms with Crippen LogP contribution in [0.2, 0.25) is 0 Å². The van der Waals surface area contributed by atoms with Crippen molar-refractivity contribution in [1.82, 2.24) is 19.9 Å². The van der Waals surface area contributed by atoms with Gasteiger partial charge in [-0.05, 0) is 12.5 Å². The highest BCUT2D eigenvalue weighted by atomic mass is 16.4. The Morgan fingerprint density at radius 3 is 2.61 bits per heavy atom. The fourth-order valence-corrected chi connectivity index (χ4v) is 2.97.